The monoisotopic (exact) mass is 645 g/mol. The lowest BCUT2D eigenvalue weighted by atomic mass is 9.77. The number of carbonyl (C=O) groups is 1. The van der Waals surface area contributed by atoms with Gasteiger partial charge in [-0.25, -0.2) is 0 Å². The molecule has 0 saturated heterocycles. The molecule has 2 aliphatic rings. The Morgan fingerprint density at radius 1 is 0.913 bits per heavy atom. The average molecular weight is 646 g/mol. The molecule has 8 heteroatoms. The molecule has 0 saturated carbocycles. The van der Waals surface area contributed by atoms with Crippen LogP contribution in [0.2, 0.25) is 0 Å². The second-order valence-electron chi connectivity index (χ2n) is 13.0. The summed E-state index contributed by atoms with van der Waals surface area (Å²) in [6, 6.07) is 13.5. The largest absolute Gasteiger partial charge is 0.481 e. The molecule has 0 fully saturated rings. The molecule has 46 heavy (non-hydrogen) atoms. The summed E-state index contributed by atoms with van der Waals surface area (Å²) in [5.74, 6) is -0.733. The first-order chi connectivity index (χ1) is 21.9. The molecule has 0 radical (unpaired) electrons. The third-order valence-corrected chi connectivity index (χ3v) is 10.1. The van der Waals surface area contributed by atoms with Gasteiger partial charge >= 0.3 is 5.97 Å². The quantitative estimate of drug-likeness (QED) is 0.0873. The number of unbranched alkanes of at least 4 members (excludes halogenated alkanes) is 2. The molecule has 2 aromatic rings. The third-order valence-electron chi connectivity index (χ3n) is 9.22. The van der Waals surface area contributed by atoms with Gasteiger partial charge < -0.3 is 10.0 Å². The summed E-state index contributed by atoms with van der Waals surface area (Å²) in [4.78, 5) is 13.3. The van der Waals surface area contributed by atoms with Gasteiger partial charge in [-0.3, -0.25) is 9.35 Å². The minimum absolute atomic E-state index is 0.0858. The third kappa shape index (κ3) is 7.45. The summed E-state index contributed by atoms with van der Waals surface area (Å²) in [5.41, 5.74) is 6.19. The van der Waals surface area contributed by atoms with Crippen molar-refractivity contribution in [3.8, 4) is 0 Å². The molecule has 1 unspecified atom stereocenters. The zero-order chi connectivity index (χ0) is 33.5. The van der Waals surface area contributed by atoms with E-state index in [9.17, 15) is 17.8 Å². The van der Waals surface area contributed by atoms with Crippen LogP contribution in [0.25, 0.3) is 0 Å². The van der Waals surface area contributed by atoms with E-state index in [2.05, 4.69) is 86.6 Å². The summed E-state index contributed by atoms with van der Waals surface area (Å²) in [6.45, 7) is 12.5. The molecule has 2 aliphatic heterocycles. The highest BCUT2D eigenvalue weighted by molar-refractivity contribution is 7.85. The van der Waals surface area contributed by atoms with Crippen LogP contribution in [0.3, 0.4) is 0 Å². The standard InChI is InChI=1S/C38H48N2O5S/c1-6-26-39-33-24-23-29(46(43,44)45)28-31(33)37(3,4)34(39)20-12-9-8-10-13-21-35-38(5,25-17-11-14-22-36(41)42)30-18-15-16-19-32(30)40(35)27-7-2/h8-10,12-13,15-16,18-21,23-24,28H,6-7,11,14,17,22,25-27H2,1-5H3,(H-,41,42,43,44,45)/p+1. The molecule has 2 heterocycles. The average Bonchev–Trinajstić information content (AvgIpc) is 3.36. The van der Waals surface area contributed by atoms with E-state index in [0.29, 0.717) is 6.42 Å². The Bertz CT molecular complexity index is 1700. The lowest BCUT2D eigenvalue weighted by molar-refractivity contribution is -0.437. The Morgan fingerprint density at radius 2 is 1.63 bits per heavy atom. The van der Waals surface area contributed by atoms with Crippen molar-refractivity contribution < 1.29 is 27.4 Å². The zero-order valence-corrected chi connectivity index (χ0v) is 28.7. The smallest absolute Gasteiger partial charge is 0.303 e. The van der Waals surface area contributed by atoms with Crippen LogP contribution in [0.15, 0.2) is 95.6 Å². The Labute approximate surface area is 275 Å². The van der Waals surface area contributed by atoms with Gasteiger partial charge in [-0.15, -0.1) is 0 Å². The molecule has 0 amide bonds. The zero-order valence-electron chi connectivity index (χ0n) is 27.9. The second-order valence-corrected chi connectivity index (χ2v) is 14.4. The van der Waals surface area contributed by atoms with Gasteiger partial charge in [0, 0.05) is 53.9 Å². The van der Waals surface area contributed by atoms with Crippen LogP contribution in [-0.2, 0) is 25.7 Å². The maximum Gasteiger partial charge on any atom is 0.303 e. The van der Waals surface area contributed by atoms with E-state index >= 15 is 0 Å². The van der Waals surface area contributed by atoms with Gasteiger partial charge in [0.1, 0.15) is 6.54 Å². The Balaban J connectivity index is 1.55. The maximum absolute atomic E-state index is 11.8. The molecule has 0 aromatic heterocycles. The number of para-hydroxylation sites is 1. The van der Waals surface area contributed by atoms with Crippen LogP contribution in [-0.4, -0.2) is 47.4 Å². The van der Waals surface area contributed by atoms with Crippen molar-refractivity contribution in [1.82, 2.24) is 0 Å². The first kappa shape index (κ1) is 35.1. The number of aliphatic carboxylic acids is 1. The summed E-state index contributed by atoms with van der Waals surface area (Å²) in [6.07, 6.45) is 20.2. The molecule has 4 rings (SSSR count). The van der Waals surface area contributed by atoms with Crippen molar-refractivity contribution in [2.24, 2.45) is 0 Å². The fourth-order valence-electron chi connectivity index (χ4n) is 6.94. The van der Waals surface area contributed by atoms with Gasteiger partial charge in [0.25, 0.3) is 10.1 Å². The number of benzene rings is 2. The van der Waals surface area contributed by atoms with Gasteiger partial charge in [0.2, 0.25) is 5.69 Å². The van der Waals surface area contributed by atoms with Crippen molar-refractivity contribution in [3.05, 3.63) is 102 Å². The van der Waals surface area contributed by atoms with Crippen LogP contribution in [0.5, 0.6) is 0 Å². The Kier molecular flexibility index (Phi) is 11.3. The molecule has 7 nitrogen and oxygen atoms in total. The number of hydrogen-bond donors (Lipinski definition) is 2. The van der Waals surface area contributed by atoms with Crippen LogP contribution >= 0.6 is 0 Å². The molecule has 2 N–H and O–H groups in total. The van der Waals surface area contributed by atoms with Crippen molar-refractivity contribution in [3.63, 3.8) is 0 Å². The van der Waals surface area contributed by atoms with Crippen LogP contribution in [0, 0.1) is 0 Å². The molecular weight excluding hydrogens is 596 g/mol. The van der Waals surface area contributed by atoms with Gasteiger partial charge in [-0.05, 0) is 69.9 Å². The highest BCUT2D eigenvalue weighted by Crippen LogP contribution is 2.50. The first-order valence-corrected chi connectivity index (χ1v) is 17.9. The molecule has 0 bridgehead atoms. The van der Waals surface area contributed by atoms with E-state index in [0.717, 1.165) is 62.2 Å². The predicted molar refractivity (Wildman–Crippen MR) is 187 cm³/mol. The summed E-state index contributed by atoms with van der Waals surface area (Å²) < 4.78 is 35.5. The summed E-state index contributed by atoms with van der Waals surface area (Å²) in [5, 5.41) is 9.04. The number of carboxylic acids is 1. The van der Waals surface area contributed by atoms with Crippen molar-refractivity contribution in [2.45, 2.75) is 95.3 Å². The van der Waals surface area contributed by atoms with E-state index in [1.54, 1.807) is 12.1 Å². The van der Waals surface area contributed by atoms with Gasteiger partial charge in [-0.2, -0.15) is 13.0 Å². The van der Waals surface area contributed by atoms with Crippen LogP contribution in [0.4, 0.5) is 11.4 Å². The van der Waals surface area contributed by atoms with Gasteiger partial charge in [-0.1, -0.05) is 75.3 Å². The number of fused-ring (bicyclic) bond motifs is 2. The van der Waals surface area contributed by atoms with Gasteiger partial charge in [0.15, 0.2) is 5.71 Å². The predicted octanol–water partition coefficient (Wildman–Crippen LogP) is 8.50. The lowest BCUT2D eigenvalue weighted by Crippen LogP contribution is -2.29. The number of nitrogens with zero attached hydrogens (tertiary/aromatic N) is 2. The topological polar surface area (TPSA) is 97.9 Å². The van der Waals surface area contributed by atoms with Crippen molar-refractivity contribution >= 4 is 33.2 Å². The highest BCUT2D eigenvalue weighted by Gasteiger charge is 2.45. The fraction of sp³-hybridized carbons (Fsp3) is 0.421. The van der Waals surface area contributed by atoms with E-state index in [-0.39, 0.29) is 16.7 Å². The lowest BCUT2D eigenvalue weighted by Gasteiger charge is -2.30. The van der Waals surface area contributed by atoms with E-state index in [1.165, 1.54) is 23.0 Å². The number of hydrogen-bond acceptors (Lipinski definition) is 4. The second kappa shape index (κ2) is 14.8. The molecule has 0 spiro atoms. The number of anilines is 1. The summed E-state index contributed by atoms with van der Waals surface area (Å²) in [7, 11) is -4.29. The Hall–Kier alpha value is -3.75. The van der Waals surface area contributed by atoms with Crippen molar-refractivity contribution in [2.75, 3.05) is 18.0 Å². The minimum atomic E-state index is -4.29. The number of allylic oxidation sites excluding steroid dienone is 8. The first-order valence-electron chi connectivity index (χ1n) is 16.4. The molecule has 0 aliphatic carbocycles. The molecular formula is C38H49N2O5S+. The summed E-state index contributed by atoms with van der Waals surface area (Å²) >= 11 is 0. The van der Waals surface area contributed by atoms with Gasteiger partial charge in [0.05, 0.1) is 10.3 Å². The van der Waals surface area contributed by atoms with Crippen LogP contribution in [0.1, 0.15) is 90.7 Å². The maximum atomic E-state index is 11.8. The fourth-order valence-corrected chi connectivity index (χ4v) is 7.45. The van der Waals surface area contributed by atoms with E-state index in [4.69, 9.17) is 5.11 Å². The molecule has 2 aromatic carbocycles. The Morgan fingerprint density at radius 3 is 2.33 bits per heavy atom. The highest BCUT2D eigenvalue weighted by atomic mass is 32.2. The number of rotatable bonds is 15. The van der Waals surface area contributed by atoms with E-state index < -0.39 is 21.5 Å². The van der Waals surface area contributed by atoms with E-state index in [1.807, 2.05) is 24.3 Å². The normalized spacial score (nSPS) is 20.1. The molecule has 246 valence electrons. The van der Waals surface area contributed by atoms with Crippen LogP contribution < -0.4 is 4.90 Å². The van der Waals surface area contributed by atoms with Crippen molar-refractivity contribution in [1.29, 1.82) is 0 Å². The molecule has 1 atom stereocenters. The SMILES string of the molecule is CCCN1\C(=C/C=C/C=C/C=C/C2=[N+](CCC)c3ccc(S(=O)(=O)O)cc3C2(C)C)C(C)(CCCCCC(=O)O)c2ccccc21. The number of carboxylic acid groups (broad SMARTS) is 1. The minimum Gasteiger partial charge on any atom is -0.481 e.